The van der Waals surface area contributed by atoms with E-state index in [-0.39, 0.29) is 5.56 Å². The maximum atomic E-state index is 13.7. The van der Waals surface area contributed by atoms with Crippen LogP contribution in [0.1, 0.15) is 10.4 Å². The molecule has 0 saturated carbocycles. The lowest BCUT2D eigenvalue weighted by Crippen LogP contribution is -2.14. The number of fused-ring (bicyclic) bond motifs is 1. The van der Waals surface area contributed by atoms with Crippen molar-refractivity contribution in [3.8, 4) is 5.75 Å². The van der Waals surface area contributed by atoms with Crippen LogP contribution in [0.5, 0.6) is 5.75 Å². The number of benzene rings is 2. The van der Waals surface area contributed by atoms with E-state index < -0.39 is 11.7 Å². The Morgan fingerprint density at radius 3 is 2.96 bits per heavy atom. The fourth-order valence-electron chi connectivity index (χ4n) is 2.15. The molecule has 0 aliphatic carbocycles. The van der Waals surface area contributed by atoms with E-state index in [0.29, 0.717) is 23.6 Å². The Labute approximate surface area is 131 Å². The van der Waals surface area contributed by atoms with Gasteiger partial charge in [0.05, 0.1) is 11.1 Å². The lowest BCUT2D eigenvalue weighted by molar-refractivity contribution is 0.102. The Balaban J connectivity index is 1.89. The van der Waals surface area contributed by atoms with Crippen LogP contribution in [0.2, 0.25) is 0 Å². The van der Waals surface area contributed by atoms with Crippen LogP contribution in [0.15, 0.2) is 55.1 Å². The molecular weight excluding hydrogens is 297 g/mol. The van der Waals surface area contributed by atoms with Crippen LogP contribution < -0.4 is 10.1 Å². The summed E-state index contributed by atoms with van der Waals surface area (Å²) in [6.45, 7) is 3.97. The molecule has 0 radical (unpaired) electrons. The van der Waals surface area contributed by atoms with Crippen molar-refractivity contribution < 1.29 is 13.9 Å². The maximum Gasteiger partial charge on any atom is 0.259 e. The normalized spacial score (nSPS) is 10.5. The Bertz CT molecular complexity index is 873. The van der Waals surface area contributed by atoms with Gasteiger partial charge in [-0.2, -0.15) is 5.10 Å². The molecule has 0 aliphatic heterocycles. The first-order chi connectivity index (χ1) is 11.2. The van der Waals surface area contributed by atoms with E-state index in [1.54, 1.807) is 30.3 Å². The van der Waals surface area contributed by atoms with Crippen molar-refractivity contribution >= 4 is 22.6 Å². The van der Waals surface area contributed by atoms with Crippen LogP contribution in [0.3, 0.4) is 0 Å². The molecule has 0 spiro atoms. The largest absolute Gasteiger partial charge is 0.490 e. The number of carbonyl (C=O) groups excluding carboxylic acids is 1. The van der Waals surface area contributed by atoms with Crippen molar-refractivity contribution in [3.63, 3.8) is 0 Å². The number of aromatic nitrogens is 2. The number of hydrogen-bond acceptors (Lipinski definition) is 3. The number of ether oxygens (including phenoxy) is 1. The van der Waals surface area contributed by atoms with Crippen LogP contribution in [0.25, 0.3) is 10.9 Å². The Hall–Kier alpha value is -3.15. The van der Waals surface area contributed by atoms with Gasteiger partial charge in [0.1, 0.15) is 18.2 Å². The Kier molecular flexibility index (Phi) is 4.05. The summed E-state index contributed by atoms with van der Waals surface area (Å²) >= 11 is 0. The van der Waals surface area contributed by atoms with E-state index in [0.717, 1.165) is 5.52 Å². The predicted octanol–water partition coefficient (Wildman–Crippen LogP) is 3.52. The van der Waals surface area contributed by atoms with Crippen molar-refractivity contribution in [1.82, 2.24) is 10.2 Å². The Morgan fingerprint density at radius 2 is 2.17 bits per heavy atom. The molecule has 1 aromatic heterocycles. The first-order valence-electron chi connectivity index (χ1n) is 6.96. The number of anilines is 1. The number of halogens is 1. The summed E-state index contributed by atoms with van der Waals surface area (Å²) in [6, 6.07) is 11.1. The molecule has 2 N–H and O–H groups in total. The number of nitrogens with zero attached hydrogens (tertiary/aromatic N) is 1. The monoisotopic (exact) mass is 311 g/mol. The van der Waals surface area contributed by atoms with Gasteiger partial charge in [0.2, 0.25) is 0 Å². The summed E-state index contributed by atoms with van der Waals surface area (Å²) in [5.41, 5.74) is 0.697. The number of H-pyrrole nitrogens is 1. The van der Waals surface area contributed by atoms with E-state index >= 15 is 0 Å². The van der Waals surface area contributed by atoms with Crippen molar-refractivity contribution in [2.24, 2.45) is 0 Å². The van der Waals surface area contributed by atoms with Crippen LogP contribution in [0, 0.1) is 5.82 Å². The maximum absolute atomic E-state index is 13.7. The van der Waals surface area contributed by atoms with Crippen molar-refractivity contribution in [2.75, 3.05) is 11.9 Å². The van der Waals surface area contributed by atoms with Crippen LogP contribution in [-0.2, 0) is 0 Å². The highest BCUT2D eigenvalue weighted by Gasteiger charge is 2.14. The summed E-state index contributed by atoms with van der Waals surface area (Å²) in [7, 11) is 0. The number of carbonyl (C=O) groups is 1. The van der Waals surface area contributed by atoms with Gasteiger partial charge in [0.15, 0.2) is 5.82 Å². The van der Waals surface area contributed by atoms with E-state index in [2.05, 4.69) is 22.1 Å². The summed E-state index contributed by atoms with van der Waals surface area (Å²) in [6.07, 6.45) is 1.64. The van der Waals surface area contributed by atoms with Gasteiger partial charge in [-0.25, -0.2) is 4.39 Å². The molecule has 6 heteroatoms. The van der Waals surface area contributed by atoms with Gasteiger partial charge >= 0.3 is 0 Å². The highest BCUT2D eigenvalue weighted by Crippen LogP contribution is 2.26. The fourth-order valence-corrected chi connectivity index (χ4v) is 2.15. The Morgan fingerprint density at radius 1 is 1.35 bits per heavy atom. The lowest BCUT2D eigenvalue weighted by Gasteiger charge is -2.05. The zero-order valence-corrected chi connectivity index (χ0v) is 12.2. The molecule has 2 aromatic carbocycles. The van der Waals surface area contributed by atoms with E-state index in [9.17, 15) is 9.18 Å². The topological polar surface area (TPSA) is 67.0 Å². The summed E-state index contributed by atoms with van der Waals surface area (Å²) in [4.78, 5) is 12.2. The second-order valence-corrected chi connectivity index (χ2v) is 4.81. The van der Waals surface area contributed by atoms with Crippen LogP contribution in [-0.4, -0.2) is 22.7 Å². The zero-order valence-electron chi connectivity index (χ0n) is 12.2. The van der Waals surface area contributed by atoms with Crippen molar-refractivity contribution in [2.45, 2.75) is 0 Å². The number of hydrogen-bond donors (Lipinski definition) is 2. The molecule has 0 fully saturated rings. The second-order valence-electron chi connectivity index (χ2n) is 4.81. The molecule has 3 aromatic rings. The number of amides is 1. The smallest absolute Gasteiger partial charge is 0.259 e. The minimum Gasteiger partial charge on any atom is -0.490 e. The van der Waals surface area contributed by atoms with Crippen LogP contribution in [0.4, 0.5) is 10.2 Å². The average molecular weight is 311 g/mol. The molecule has 1 heterocycles. The van der Waals surface area contributed by atoms with Gasteiger partial charge in [0.25, 0.3) is 5.91 Å². The standard InChI is InChI=1S/C17H14FN3O2/c1-2-9-23-11-7-8-15-13(10-11)16(21-20-15)19-17(22)12-5-3-4-6-14(12)18/h2-8,10H,1,9H2,(H2,19,20,21,22). The predicted molar refractivity (Wildman–Crippen MR) is 86.1 cm³/mol. The third kappa shape index (κ3) is 3.06. The first-order valence-corrected chi connectivity index (χ1v) is 6.96. The molecule has 23 heavy (non-hydrogen) atoms. The van der Waals surface area contributed by atoms with Crippen LogP contribution >= 0.6 is 0 Å². The van der Waals surface area contributed by atoms with Gasteiger partial charge in [-0.05, 0) is 30.3 Å². The highest BCUT2D eigenvalue weighted by molar-refractivity contribution is 6.08. The molecule has 5 nitrogen and oxygen atoms in total. The zero-order chi connectivity index (χ0) is 16.2. The summed E-state index contributed by atoms with van der Waals surface area (Å²) in [5.74, 6) is -0.203. The lowest BCUT2D eigenvalue weighted by atomic mass is 10.2. The summed E-state index contributed by atoms with van der Waals surface area (Å²) < 4.78 is 19.1. The van der Waals surface area contributed by atoms with Gasteiger partial charge in [-0.15, -0.1) is 0 Å². The number of nitrogens with one attached hydrogen (secondary N) is 2. The highest BCUT2D eigenvalue weighted by atomic mass is 19.1. The SMILES string of the molecule is C=CCOc1ccc2[nH]nc(NC(=O)c3ccccc3F)c2c1. The minimum atomic E-state index is -0.583. The quantitative estimate of drug-likeness (QED) is 0.708. The molecule has 116 valence electrons. The molecule has 1 amide bonds. The second kappa shape index (κ2) is 6.31. The molecule has 0 unspecified atom stereocenters. The van der Waals surface area contributed by atoms with E-state index in [4.69, 9.17) is 4.74 Å². The molecule has 0 saturated heterocycles. The average Bonchev–Trinajstić information content (AvgIpc) is 2.95. The molecule has 3 rings (SSSR count). The molecule has 0 bridgehead atoms. The molecule has 0 aliphatic rings. The third-order valence-corrected chi connectivity index (χ3v) is 3.25. The van der Waals surface area contributed by atoms with Gasteiger partial charge in [0, 0.05) is 5.39 Å². The van der Waals surface area contributed by atoms with Crippen molar-refractivity contribution in [1.29, 1.82) is 0 Å². The summed E-state index contributed by atoms with van der Waals surface area (Å²) in [5, 5.41) is 10.2. The number of aromatic amines is 1. The third-order valence-electron chi connectivity index (χ3n) is 3.25. The molecule has 0 atom stereocenters. The minimum absolute atomic E-state index is 0.0392. The van der Waals surface area contributed by atoms with E-state index in [1.165, 1.54) is 18.2 Å². The first kappa shape index (κ1) is 14.8. The fraction of sp³-hybridized carbons (Fsp3) is 0.0588. The van der Waals surface area contributed by atoms with Gasteiger partial charge in [-0.3, -0.25) is 9.89 Å². The van der Waals surface area contributed by atoms with Crippen molar-refractivity contribution in [3.05, 3.63) is 66.5 Å². The number of rotatable bonds is 5. The van der Waals surface area contributed by atoms with Gasteiger partial charge in [-0.1, -0.05) is 24.8 Å². The van der Waals surface area contributed by atoms with Gasteiger partial charge < -0.3 is 10.1 Å². The van der Waals surface area contributed by atoms with E-state index in [1.807, 2.05) is 0 Å². The molecular formula is C17H14FN3O2.